The van der Waals surface area contributed by atoms with Gasteiger partial charge in [0.2, 0.25) is 0 Å². The van der Waals surface area contributed by atoms with Gasteiger partial charge in [0.1, 0.15) is 5.76 Å². The molecule has 0 saturated heterocycles. The minimum absolute atomic E-state index is 0.148. The Morgan fingerprint density at radius 3 is 2.62 bits per heavy atom. The molecule has 0 radical (unpaired) electrons. The van der Waals surface area contributed by atoms with Crippen LogP contribution in [0.25, 0.3) is 0 Å². The van der Waals surface area contributed by atoms with Crippen molar-refractivity contribution < 1.29 is 4.42 Å². The van der Waals surface area contributed by atoms with Crippen molar-refractivity contribution >= 4 is 5.69 Å². The van der Waals surface area contributed by atoms with E-state index in [-0.39, 0.29) is 6.04 Å². The normalized spacial score (nSPS) is 12.0. The van der Waals surface area contributed by atoms with Gasteiger partial charge in [0.15, 0.2) is 0 Å². The highest BCUT2D eigenvalue weighted by atomic mass is 16.3. The molecule has 0 aliphatic carbocycles. The van der Waals surface area contributed by atoms with Crippen molar-refractivity contribution in [3.05, 3.63) is 67.1 Å². The molecule has 0 unspecified atom stereocenters. The molecule has 0 aliphatic rings. The number of para-hydroxylation sites is 1. The molecule has 2 nitrogen and oxygen atoms in total. The van der Waals surface area contributed by atoms with Crippen molar-refractivity contribution in [2.75, 3.05) is 5.32 Å². The Morgan fingerprint density at radius 2 is 2.00 bits per heavy atom. The average molecular weight is 213 g/mol. The minimum Gasteiger partial charge on any atom is -0.467 e. The first-order valence-corrected chi connectivity index (χ1v) is 5.36. The molecule has 0 bridgehead atoms. The summed E-state index contributed by atoms with van der Waals surface area (Å²) in [7, 11) is 0. The van der Waals surface area contributed by atoms with Gasteiger partial charge in [-0.1, -0.05) is 24.3 Å². The van der Waals surface area contributed by atoms with Crippen LogP contribution in [0.2, 0.25) is 0 Å². The van der Waals surface area contributed by atoms with Crippen LogP contribution < -0.4 is 5.32 Å². The summed E-state index contributed by atoms with van der Waals surface area (Å²) in [6, 6.07) is 14.1. The third kappa shape index (κ3) is 2.54. The van der Waals surface area contributed by atoms with Crippen LogP contribution in [0.4, 0.5) is 5.69 Å². The molecule has 2 heteroatoms. The largest absolute Gasteiger partial charge is 0.467 e. The summed E-state index contributed by atoms with van der Waals surface area (Å²) in [6.07, 6.45) is 4.42. The highest BCUT2D eigenvalue weighted by molar-refractivity contribution is 5.44. The Labute approximate surface area is 95.6 Å². The third-order valence-corrected chi connectivity index (χ3v) is 2.40. The summed E-state index contributed by atoms with van der Waals surface area (Å²) in [4.78, 5) is 0. The van der Waals surface area contributed by atoms with Crippen molar-refractivity contribution in [2.24, 2.45) is 0 Å². The maximum Gasteiger partial charge on any atom is 0.126 e. The zero-order valence-electron chi connectivity index (χ0n) is 9.10. The number of rotatable bonds is 5. The smallest absolute Gasteiger partial charge is 0.126 e. The first-order chi connectivity index (χ1) is 7.90. The summed E-state index contributed by atoms with van der Waals surface area (Å²) >= 11 is 0. The summed E-state index contributed by atoms with van der Waals surface area (Å²) < 4.78 is 5.41. The molecule has 0 aliphatic heterocycles. The van der Waals surface area contributed by atoms with Crippen LogP contribution in [0.15, 0.2) is 65.8 Å². The highest BCUT2D eigenvalue weighted by Gasteiger charge is 2.11. The topological polar surface area (TPSA) is 25.2 Å². The Hall–Kier alpha value is -1.96. The first-order valence-electron chi connectivity index (χ1n) is 5.36. The van der Waals surface area contributed by atoms with Crippen LogP contribution in [0.3, 0.4) is 0 Å². The van der Waals surface area contributed by atoms with E-state index >= 15 is 0 Å². The van der Waals surface area contributed by atoms with Crippen molar-refractivity contribution in [2.45, 2.75) is 12.5 Å². The standard InChI is InChI=1S/C14H15NO/c1-2-7-13(14-10-6-11-16-14)15-12-8-4-3-5-9-12/h2-6,8-11,13,15H,1,7H2/t13-/m1/s1. The zero-order chi connectivity index (χ0) is 11.2. The average Bonchev–Trinajstić information content (AvgIpc) is 2.83. The SMILES string of the molecule is C=CC[C@@H](Nc1ccccc1)c1ccco1. The van der Waals surface area contributed by atoms with E-state index in [1.54, 1.807) is 6.26 Å². The van der Waals surface area contributed by atoms with Crippen LogP contribution >= 0.6 is 0 Å². The second kappa shape index (κ2) is 5.21. The van der Waals surface area contributed by atoms with Crippen LogP contribution in [0, 0.1) is 0 Å². The molecule has 2 rings (SSSR count). The van der Waals surface area contributed by atoms with E-state index < -0.39 is 0 Å². The fourth-order valence-corrected chi connectivity index (χ4v) is 1.64. The van der Waals surface area contributed by atoms with E-state index in [4.69, 9.17) is 4.42 Å². The Bertz CT molecular complexity index is 419. The van der Waals surface area contributed by atoms with Crippen molar-refractivity contribution in [3.8, 4) is 0 Å². The number of anilines is 1. The number of nitrogens with one attached hydrogen (secondary N) is 1. The minimum atomic E-state index is 0.148. The van der Waals surface area contributed by atoms with Gasteiger partial charge in [0, 0.05) is 5.69 Å². The lowest BCUT2D eigenvalue weighted by molar-refractivity contribution is 0.480. The summed E-state index contributed by atoms with van der Waals surface area (Å²) in [6.45, 7) is 3.77. The van der Waals surface area contributed by atoms with E-state index in [0.717, 1.165) is 17.9 Å². The molecule has 1 aromatic carbocycles. The van der Waals surface area contributed by atoms with Crippen molar-refractivity contribution in [1.82, 2.24) is 0 Å². The van der Waals surface area contributed by atoms with Gasteiger partial charge in [-0.05, 0) is 30.7 Å². The van der Waals surface area contributed by atoms with Crippen LogP contribution in [0.5, 0.6) is 0 Å². The number of furan rings is 1. The van der Waals surface area contributed by atoms with Gasteiger partial charge < -0.3 is 9.73 Å². The molecule has 0 spiro atoms. The predicted molar refractivity (Wildman–Crippen MR) is 66.3 cm³/mol. The molecular weight excluding hydrogens is 198 g/mol. The molecule has 16 heavy (non-hydrogen) atoms. The first kappa shape index (κ1) is 10.6. The van der Waals surface area contributed by atoms with Crippen LogP contribution in [-0.4, -0.2) is 0 Å². The molecule has 0 fully saturated rings. The quantitative estimate of drug-likeness (QED) is 0.759. The van der Waals surface area contributed by atoms with Gasteiger partial charge in [-0.3, -0.25) is 0 Å². The zero-order valence-corrected chi connectivity index (χ0v) is 9.10. The van der Waals surface area contributed by atoms with Crippen molar-refractivity contribution in [1.29, 1.82) is 0 Å². The van der Waals surface area contributed by atoms with Gasteiger partial charge in [-0.25, -0.2) is 0 Å². The lowest BCUT2D eigenvalue weighted by Crippen LogP contribution is -2.08. The van der Waals surface area contributed by atoms with Gasteiger partial charge in [0.25, 0.3) is 0 Å². The number of hydrogen-bond donors (Lipinski definition) is 1. The Morgan fingerprint density at radius 1 is 1.19 bits per heavy atom. The molecule has 0 amide bonds. The second-order valence-electron chi connectivity index (χ2n) is 3.60. The van der Waals surface area contributed by atoms with Crippen LogP contribution in [-0.2, 0) is 0 Å². The van der Waals surface area contributed by atoms with E-state index in [9.17, 15) is 0 Å². The molecular formula is C14H15NO. The Balaban J connectivity index is 2.12. The molecule has 1 N–H and O–H groups in total. The molecule has 1 aromatic heterocycles. The predicted octanol–water partition coefficient (Wildman–Crippen LogP) is 4.01. The fraction of sp³-hybridized carbons (Fsp3) is 0.143. The van der Waals surface area contributed by atoms with Crippen molar-refractivity contribution in [3.63, 3.8) is 0 Å². The molecule has 0 saturated carbocycles. The fourth-order valence-electron chi connectivity index (χ4n) is 1.64. The van der Waals surface area contributed by atoms with E-state index in [1.807, 2.05) is 48.5 Å². The highest BCUT2D eigenvalue weighted by Crippen LogP contribution is 2.23. The van der Waals surface area contributed by atoms with Gasteiger partial charge >= 0.3 is 0 Å². The summed E-state index contributed by atoms with van der Waals surface area (Å²) in [5.41, 5.74) is 1.09. The number of benzene rings is 1. The Kier molecular flexibility index (Phi) is 3.44. The second-order valence-corrected chi connectivity index (χ2v) is 3.60. The lowest BCUT2D eigenvalue weighted by Gasteiger charge is -2.16. The summed E-state index contributed by atoms with van der Waals surface area (Å²) in [5.74, 6) is 0.934. The molecule has 82 valence electrons. The maximum atomic E-state index is 5.41. The van der Waals surface area contributed by atoms with Crippen LogP contribution in [0.1, 0.15) is 18.2 Å². The van der Waals surface area contributed by atoms with Gasteiger partial charge in [-0.15, -0.1) is 6.58 Å². The molecule has 1 heterocycles. The van der Waals surface area contributed by atoms with Gasteiger partial charge in [0.05, 0.1) is 12.3 Å². The molecule has 2 aromatic rings. The van der Waals surface area contributed by atoms with E-state index in [1.165, 1.54) is 0 Å². The maximum absolute atomic E-state index is 5.41. The third-order valence-electron chi connectivity index (χ3n) is 2.40. The van der Waals surface area contributed by atoms with Gasteiger partial charge in [-0.2, -0.15) is 0 Å². The lowest BCUT2D eigenvalue weighted by atomic mass is 10.1. The monoisotopic (exact) mass is 213 g/mol. The number of hydrogen-bond acceptors (Lipinski definition) is 2. The van der Waals surface area contributed by atoms with E-state index in [2.05, 4.69) is 11.9 Å². The van der Waals surface area contributed by atoms with E-state index in [0.29, 0.717) is 0 Å². The summed E-state index contributed by atoms with van der Waals surface area (Å²) in [5, 5.41) is 3.42. The molecule has 1 atom stereocenters.